The second kappa shape index (κ2) is 83.3. The molecule has 0 aromatic rings. The van der Waals surface area contributed by atoms with Crippen molar-refractivity contribution in [3.63, 3.8) is 0 Å². The third-order valence-electron chi connectivity index (χ3n) is 22.2. The minimum Gasteiger partial charge on any atom is -0.480 e. The third-order valence-corrected chi connectivity index (χ3v) is 22.2. The van der Waals surface area contributed by atoms with Gasteiger partial charge in [-0.2, -0.15) is 0 Å². The maximum atomic E-state index is 14.6. The summed E-state index contributed by atoms with van der Waals surface area (Å²) in [7, 11) is 0. The first-order valence-electron chi connectivity index (χ1n) is 47.2. The van der Waals surface area contributed by atoms with Gasteiger partial charge in [0.1, 0.15) is 33.0 Å². The maximum absolute atomic E-state index is 14.6. The summed E-state index contributed by atoms with van der Waals surface area (Å²) < 4.78 is 34.3. The Morgan fingerprint density at radius 2 is 0.569 bits per heavy atom. The number of unbranched alkanes of at least 4 members (excludes halogenated alkanes) is 52. The standard InChI is InChI=1S/C93H171N3O20/c1-5-9-13-17-21-25-29-33-37-41-45-49-53-57-63-81(64-58-54-50-46-42-38-34-30-26-22-18-14-10-6-2)91(108)114-78-84(116-92(109)82(65-59-55-51-47-43-39-35-31-27-23-19-15-11-7-3)66-60-56-52-48-44-40-36-32-28-24-20-16-12-8-4)79-115-93(110)112-70-62-61-69-111-80-90(107)113-77-83(96(75-88(103)104)76-89(105)106)71-94(72-85(97)98)67-68-95(73-86(99)100)74-87(101)102/h61-62,81-84H,5-60,63-80H2,1-4H3,(H,97,98)(H,99,100)(H,101,102)(H,103,104)(H,105,106)/b62-61-. The number of esters is 3. The van der Waals surface area contributed by atoms with Crippen molar-refractivity contribution in [2.75, 3.05) is 92.0 Å². The first kappa shape index (κ1) is 111. The van der Waals surface area contributed by atoms with E-state index in [1.54, 1.807) is 0 Å². The van der Waals surface area contributed by atoms with Crippen LogP contribution in [-0.2, 0) is 66.8 Å². The second-order valence-electron chi connectivity index (χ2n) is 33.1. The Balaban J connectivity index is 6.46. The Kier molecular flexibility index (Phi) is 79.4. The summed E-state index contributed by atoms with van der Waals surface area (Å²) in [4.78, 5) is 117. The number of hydrogen-bond acceptors (Lipinski definition) is 18. The van der Waals surface area contributed by atoms with Crippen LogP contribution in [0.4, 0.5) is 4.79 Å². The number of hydrogen-bond donors (Lipinski definition) is 5. The molecule has 2 atom stereocenters. The van der Waals surface area contributed by atoms with E-state index in [1.165, 1.54) is 300 Å². The molecule has 0 rings (SSSR count). The Morgan fingerprint density at radius 3 is 0.888 bits per heavy atom. The molecule has 0 aliphatic heterocycles. The van der Waals surface area contributed by atoms with Crippen molar-refractivity contribution in [1.82, 2.24) is 14.7 Å². The highest BCUT2D eigenvalue weighted by Gasteiger charge is 2.30. The molecule has 0 fully saturated rings. The number of rotatable bonds is 91. The average molecular weight is 1650 g/mol. The fourth-order valence-corrected chi connectivity index (χ4v) is 15.2. The van der Waals surface area contributed by atoms with Gasteiger partial charge < -0.3 is 54.0 Å². The van der Waals surface area contributed by atoms with E-state index in [-0.39, 0.29) is 56.7 Å². The fourth-order valence-electron chi connectivity index (χ4n) is 15.2. The molecule has 0 aromatic heterocycles. The number of carbonyl (C=O) groups excluding carboxylic acids is 4. The number of nitrogens with zero attached hydrogens (tertiary/aromatic N) is 3. The van der Waals surface area contributed by atoms with Crippen molar-refractivity contribution in [2.24, 2.45) is 11.8 Å². The summed E-state index contributed by atoms with van der Waals surface area (Å²) in [5.41, 5.74) is 0. The van der Waals surface area contributed by atoms with Crippen LogP contribution in [0.1, 0.15) is 413 Å². The Morgan fingerprint density at radius 1 is 0.293 bits per heavy atom. The molecule has 0 saturated carbocycles. The van der Waals surface area contributed by atoms with Crippen LogP contribution in [-0.4, -0.2) is 198 Å². The lowest BCUT2D eigenvalue weighted by Crippen LogP contribution is -2.52. The summed E-state index contributed by atoms with van der Waals surface area (Å²) in [6, 6.07) is -1.23. The molecule has 0 saturated heterocycles. The molecule has 678 valence electrons. The zero-order valence-corrected chi connectivity index (χ0v) is 74.0. The molecule has 0 heterocycles. The van der Waals surface area contributed by atoms with Crippen LogP contribution in [0.25, 0.3) is 0 Å². The van der Waals surface area contributed by atoms with Crippen LogP contribution in [0.2, 0.25) is 0 Å². The zero-order chi connectivity index (χ0) is 85.2. The van der Waals surface area contributed by atoms with Crippen molar-refractivity contribution < 1.29 is 97.1 Å². The van der Waals surface area contributed by atoms with Gasteiger partial charge >= 0.3 is 53.9 Å². The number of aliphatic carboxylic acids is 5. The molecule has 23 nitrogen and oxygen atoms in total. The summed E-state index contributed by atoms with van der Waals surface area (Å²) >= 11 is 0. The first-order chi connectivity index (χ1) is 56.3. The summed E-state index contributed by atoms with van der Waals surface area (Å²) in [6.07, 6.45) is 72.8. The van der Waals surface area contributed by atoms with Crippen LogP contribution in [0.15, 0.2) is 12.2 Å². The van der Waals surface area contributed by atoms with E-state index in [2.05, 4.69) is 27.7 Å². The Labute approximate surface area is 703 Å². The lowest BCUT2D eigenvalue weighted by molar-refractivity contribution is -0.167. The van der Waals surface area contributed by atoms with Crippen molar-refractivity contribution >= 4 is 53.9 Å². The van der Waals surface area contributed by atoms with E-state index in [0.29, 0.717) is 12.8 Å². The van der Waals surface area contributed by atoms with Gasteiger partial charge in [0.15, 0.2) is 6.10 Å². The van der Waals surface area contributed by atoms with Crippen molar-refractivity contribution in [2.45, 2.75) is 425 Å². The van der Waals surface area contributed by atoms with Gasteiger partial charge in [0.2, 0.25) is 0 Å². The number of carboxylic acids is 5. The van der Waals surface area contributed by atoms with Gasteiger partial charge in [0.25, 0.3) is 0 Å². The fraction of sp³-hybridized carbons (Fsp3) is 0.882. The van der Waals surface area contributed by atoms with E-state index < -0.39 is 113 Å². The molecule has 23 heteroatoms. The van der Waals surface area contributed by atoms with Crippen molar-refractivity contribution in [3.8, 4) is 0 Å². The van der Waals surface area contributed by atoms with E-state index in [4.69, 9.17) is 28.4 Å². The highest BCUT2D eigenvalue weighted by molar-refractivity contribution is 5.75. The SMILES string of the molecule is CCCCCCCCCCCCCCCCC(CCCCCCCCCCCCCCCC)C(=O)OCC(COC(=O)OC/C=C\COCC(=O)OCC(CN(CCN(CC(=O)O)CC(=O)O)CC(=O)O)N(CC(=O)O)CC(=O)O)OC(=O)C(CCCCCCCCCCCCCCCC)CCCCCCCCCCCCCCCC. The van der Waals surface area contributed by atoms with Crippen LogP contribution in [0.3, 0.4) is 0 Å². The van der Waals surface area contributed by atoms with Gasteiger partial charge in [-0.15, -0.1) is 0 Å². The largest absolute Gasteiger partial charge is 0.508 e. The molecule has 0 bridgehead atoms. The van der Waals surface area contributed by atoms with E-state index in [0.717, 1.165) is 99.7 Å². The van der Waals surface area contributed by atoms with E-state index in [1.807, 2.05) is 0 Å². The second-order valence-corrected chi connectivity index (χ2v) is 33.1. The van der Waals surface area contributed by atoms with Crippen LogP contribution < -0.4 is 0 Å². The maximum Gasteiger partial charge on any atom is 0.508 e. The van der Waals surface area contributed by atoms with Gasteiger partial charge in [0.05, 0.1) is 57.2 Å². The average Bonchev–Trinajstić information content (AvgIpc) is 0.882. The monoisotopic (exact) mass is 1650 g/mol. The zero-order valence-electron chi connectivity index (χ0n) is 74.0. The molecule has 5 N–H and O–H groups in total. The molecular formula is C93H171N3O20. The van der Waals surface area contributed by atoms with Gasteiger partial charge in [-0.1, -0.05) is 393 Å². The minimum atomic E-state index is -1.44. The molecule has 0 amide bonds. The molecule has 116 heavy (non-hydrogen) atoms. The van der Waals surface area contributed by atoms with Crippen molar-refractivity contribution in [3.05, 3.63) is 12.2 Å². The van der Waals surface area contributed by atoms with Gasteiger partial charge in [-0.3, -0.25) is 48.3 Å². The van der Waals surface area contributed by atoms with Crippen LogP contribution in [0, 0.1) is 11.8 Å². The van der Waals surface area contributed by atoms with Gasteiger partial charge in [-0.05, 0) is 31.8 Å². The Hall–Kier alpha value is -5.39. The topological polar surface area (TPSA) is 320 Å². The lowest BCUT2D eigenvalue weighted by atomic mass is 9.94. The summed E-state index contributed by atoms with van der Waals surface area (Å²) in [5, 5.41) is 47.6. The molecule has 0 radical (unpaired) electrons. The summed E-state index contributed by atoms with van der Waals surface area (Å²) in [5.74, 6) is -9.23. The Bertz CT molecular complexity index is 2300. The van der Waals surface area contributed by atoms with Gasteiger partial charge in [-0.25, -0.2) is 9.59 Å². The minimum absolute atomic E-state index is 0.181. The van der Waals surface area contributed by atoms with E-state index >= 15 is 0 Å². The molecule has 0 aliphatic rings. The lowest BCUT2D eigenvalue weighted by Gasteiger charge is -2.33. The quantitative estimate of drug-likeness (QED) is 0.0163. The molecular weight excluding hydrogens is 1480 g/mol. The number of ether oxygens (including phenoxy) is 6. The van der Waals surface area contributed by atoms with E-state index in [9.17, 15) is 68.7 Å². The third kappa shape index (κ3) is 76.0. The number of carbonyl (C=O) groups is 9. The molecule has 2 unspecified atom stereocenters. The van der Waals surface area contributed by atoms with Gasteiger partial charge in [0, 0.05) is 19.6 Å². The highest BCUT2D eigenvalue weighted by Crippen LogP contribution is 2.26. The first-order valence-corrected chi connectivity index (χ1v) is 47.2. The molecule has 0 aliphatic carbocycles. The molecule has 0 aromatic carbocycles. The summed E-state index contributed by atoms with van der Waals surface area (Å²) in [6.45, 7) is 1.96. The normalized spacial score (nSPS) is 12.2. The predicted octanol–water partition coefficient (Wildman–Crippen LogP) is 22.1. The highest BCUT2D eigenvalue weighted by atomic mass is 16.7. The van der Waals surface area contributed by atoms with Crippen LogP contribution >= 0.6 is 0 Å². The number of carboxylic acid groups (broad SMARTS) is 5. The predicted molar refractivity (Wildman–Crippen MR) is 462 cm³/mol. The van der Waals surface area contributed by atoms with Crippen LogP contribution in [0.5, 0.6) is 0 Å². The molecule has 0 spiro atoms. The smallest absolute Gasteiger partial charge is 0.480 e. The van der Waals surface area contributed by atoms with Crippen molar-refractivity contribution in [1.29, 1.82) is 0 Å².